The van der Waals surface area contributed by atoms with Gasteiger partial charge in [0, 0.05) is 23.1 Å². The minimum atomic E-state index is -0.412. The van der Waals surface area contributed by atoms with Crippen LogP contribution in [0.25, 0.3) is 5.70 Å². The van der Waals surface area contributed by atoms with Crippen LogP contribution in [0.15, 0.2) is 41.2 Å². The van der Waals surface area contributed by atoms with Gasteiger partial charge in [0.05, 0.1) is 10.6 Å². The lowest BCUT2D eigenvalue weighted by atomic mass is 10.1. The molecular formula is C10H7N5O2S. The summed E-state index contributed by atoms with van der Waals surface area (Å²) in [7, 11) is 0. The first-order valence-corrected chi connectivity index (χ1v) is 5.91. The first-order valence-electron chi connectivity index (χ1n) is 5.03. The average Bonchev–Trinajstić information content (AvgIpc) is 2.86. The Hall–Kier alpha value is -2.35. The summed E-state index contributed by atoms with van der Waals surface area (Å²) in [6.07, 6.45) is 1.55. The van der Waals surface area contributed by atoms with Crippen LogP contribution in [0.4, 0.5) is 5.69 Å². The Labute approximate surface area is 106 Å². The second kappa shape index (κ2) is 4.15. The zero-order valence-corrected chi connectivity index (χ0v) is 9.79. The van der Waals surface area contributed by atoms with E-state index in [1.165, 1.54) is 23.9 Å². The molecule has 2 heterocycles. The van der Waals surface area contributed by atoms with E-state index in [4.69, 9.17) is 0 Å². The summed E-state index contributed by atoms with van der Waals surface area (Å²) >= 11 is 1.41. The maximum atomic E-state index is 10.7. The second-order valence-corrected chi connectivity index (χ2v) is 4.39. The molecule has 2 aromatic rings. The monoisotopic (exact) mass is 261 g/mol. The van der Waals surface area contributed by atoms with Crippen LogP contribution >= 0.6 is 11.8 Å². The van der Waals surface area contributed by atoms with Crippen molar-refractivity contribution in [1.82, 2.24) is 14.9 Å². The SMILES string of the molecule is O=[N+]([O-])c1cccc(C2=CSc3nncn3N2)c1. The van der Waals surface area contributed by atoms with Crippen molar-refractivity contribution in [2.75, 3.05) is 5.43 Å². The highest BCUT2D eigenvalue weighted by atomic mass is 32.2. The quantitative estimate of drug-likeness (QED) is 0.655. The van der Waals surface area contributed by atoms with Gasteiger partial charge in [-0.3, -0.25) is 15.5 Å². The number of nitrogens with one attached hydrogen (secondary N) is 1. The predicted octanol–water partition coefficient (Wildman–Crippen LogP) is 1.83. The number of non-ortho nitro benzene ring substituents is 1. The van der Waals surface area contributed by atoms with Crippen LogP contribution in [0.2, 0.25) is 0 Å². The lowest BCUT2D eigenvalue weighted by Gasteiger charge is -2.16. The number of fused-ring (bicyclic) bond motifs is 1. The van der Waals surface area contributed by atoms with Crippen LogP contribution in [0.5, 0.6) is 0 Å². The van der Waals surface area contributed by atoms with Crippen molar-refractivity contribution in [1.29, 1.82) is 0 Å². The molecule has 8 heteroatoms. The molecule has 0 unspecified atom stereocenters. The van der Waals surface area contributed by atoms with Crippen LogP contribution in [0, 0.1) is 10.1 Å². The van der Waals surface area contributed by atoms with E-state index in [1.807, 2.05) is 11.5 Å². The molecular weight excluding hydrogens is 254 g/mol. The number of benzene rings is 1. The summed E-state index contributed by atoms with van der Waals surface area (Å²) < 4.78 is 1.67. The molecule has 1 aromatic heterocycles. The third kappa shape index (κ3) is 1.82. The van der Waals surface area contributed by atoms with Gasteiger partial charge >= 0.3 is 0 Å². The van der Waals surface area contributed by atoms with Gasteiger partial charge < -0.3 is 0 Å². The number of hydrogen-bond acceptors (Lipinski definition) is 6. The van der Waals surface area contributed by atoms with E-state index in [1.54, 1.807) is 17.1 Å². The van der Waals surface area contributed by atoms with Gasteiger partial charge in [0.15, 0.2) is 0 Å². The van der Waals surface area contributed by atoms with Crippen molar-refractivity contribution in [3.63, 3.8) is 0 Å². The average molecular weight is 261 g/mol. The van der Waals surface area contributed by atoms with Crippen LogP contribution in [0.3, 0.4) is 0 Å². The van der Waals surface area contributed by atoms with E-state index in [9.17, 15) is 10.1 Å². The normalized spacial score (nSPS) is 13.4. The molecule has 1 aliphatic rings. The molecule has 0 fully saturated rings. The number of rotatable bonds is 2. The molecule has 90 valence electrons. The molecule has 1 aromatic carbocycles. The third-order valence-electron chi connectivity index (χ3n) is 2.41. The first kappa shape index (κ1) is 10.8. The number of nitro groups is 1. The topological polar surface area (TPSA) is 85.9 Å². The minimum absolute atomic E-state index is 0.0646. The summed E-state index contributed by atoms with van der Waals surface area (Å²) in [4.78, 5) is 10.3. The molecule has 0 radical (unpaired) electrons. The first-order chi connectivity index (χ1) is 8.74. The van der Waals surface area contributed by atoms with E-state index in [-0.39, 0.29) is 5.69 Å². The van der Waals surface area contributed by atoms with Crippen molar-refractivity contribution < 1.29 is 4.92 Å². The summed E-state index contributed by atoms with van der Waals surface area (Å²) in [5.41, 5.74) is 4.65. The summed E-state index contributed by atoms with van der Waals surface area (Å²) in [6.45, 7) is 0. The van der Waals surface area contributed by atoms with E-state index >= 15 is 0 Å². The fourth-order valence-corrected chi connectivity index (χ4v) is 2.28. The standard InChI is InChI=1S/C10H7N5O2S/c16-15(17)8-3-1-2-7(4-8)9-5-18-10-12-11-6-14(10)13-9/h1-6,13H. The Bertz CT molecular complexity index is 651. The molecule has 0 aliphatic carbocycles. The van der Waals surface area contributed by atoms with Crippen LogP contribution in [0.1, 0.15) is 5.56 Å². The van der Waals surface area contributed by atoms with Crippen LogP contribution in [-0.4, -0.2) is 19.8 Å². The van der Waals surface area contributed by atoms with Crippen LogP contribution < -0.4 is 5.43 Å². The van der Waals surface area contributed by atoms with Gasteiger partial charge in [-0.15, -0.1) is 10.2 Å². The molecule has 1 N–H and O–H groups in total. The highest BCUT2D eigenvalue weighted by molar-refractivity contribution is 8.02. The van der Waals surface area contributed by atoms with E-state index in [2.05, 4.69) is 15.6 Å². The lowest BCUT2D eigenvalue weighted by molar-refractivity contribution is -0.384. The van der Waals surface area contributed by atoms with Crippen molar-refractivity contribution in [2.24, 2.45) is 0 Å². The molecule has 0 atom stereocenters. The van der Waals surface area contributed by atoms with E-state index in [0.717, 1.165) is 16.4 Å². The number of thioether (sulfide) groups is 1. The lowest BCUT2D eigenvalue weighted by Crippen LogP contribution is -2.16. The van der Waals surface area contributed by atoms with E-state index < -0.39 is 4.92 Å². The van der Waals surface area contributed by atoms with E-state index in [0.29, 0.717) is 0 Å². The summed E-state index contributed by atoms with van der Waals surface area (Å²) in [5, 5.41) is 21.0. The fraction of sp³-hybridized carbons (Fsp3) is 0. The predicted molar refractivity (Wildman–Crippen MR) is 66.3 cm³/mol. The molecule has 0 saturated heterocycles. The Morgan fingerprint density at radius 3 is 3.17 bits per heavy atom. The van der Waals surface area contributed by atoms with Gasteiger partial charge in [-0.25, -0.2) is 4.68 Å². The smallest absolute Gasteiger partial charge is 0.270 e. The van der Waals surface area contributed by atoms with Crippen LogP contribution in [-0.2, 0) is 0 Å². The van der Waals surface area contributed by atoms with Gasteiger partial charge in [-0.05, 0) is 0 Å². The zero-order valence-electron chi connectivity index (χ0n) is 8.98. The van der Waals surface area contributed by atoms with Gasteiger partial charge in [0.25, 0.3) is 5.69 Å². The maximum Gasteiger partial charge on any atom is 0.270 e. The molecule has 3 rings (SSSR count). The van der Waals surface area contributed by atoms with Crippen molar-refractivity contribution in [2.45, 2.75) is 5.16 Å². The number of nitrogens with zero attached hydrogens (tertiary/aromatic N) is 4. The summed E-state index contributed by atoms with van der Waals surface area (Å²) in [5.74, 6) is 0. The summed E-state index contributed by atoms with van der Waals surface area (Å²) in [6, 6.07) is 6.45. The van der Waals surface area contributed by atoms with Gasteiger partial charge in [-0.1, -0.05) is 23.9 Å². The molecule has 0 spiro atoms. The highest BCUT2D eigenvalue weighted by Gasteiger charge is 2.15. The molecule has 0 bridgehead atoms. The van der Waals surface area contributed by atoms with Crippen molar-refractivity contribution in [3.05, 3.63) is 51.7 Å². The third-order valence-corrected chi connectivity index (χ3v) is 3.25. The maximum absolute atomic E-state index is 10.7. The molecule has 7 nitrogen and oxygen atoms in total. The number of aromatic nitrogens is 3. The number of hydrogen-bond donors (Lipinski definition) is 1. The van der Waals surface area contributed by atoms with Crippen molar-refractivity contribution in [3.8, 4) is 0 Å². The van der Waals surface area contributed by atoms with Crippen molar-refractivity contribution >= 4 is 23.1 Å². The molecule has 0 amide bonds. The van der Waals surface area contributed by atoms with Gasteiger partial charge in [0.2, 0.25) is 5.16 Å². The Kier molecular flexibility index (Phi) is 2.49. The number of nitro benzene ring substituents is 1. The minimum Gasteiger partial charge on any atom is -0.290 e. The second-order valence-electron chi connectivity index (χ2n) is 3.55. The molecule has 1 aliphatic heterocycles. The Morgan fingerprint density at radius 1 is 1.44 bits per heavy atom. The molecule has 18 heavy (non-hydrogen) atoms. The molecule has 0 saturated carbocycles. The highest BCUT2D eigenvalue weighted by Crippen LogP contribution is 2.28. The fourth-order valence-electron chi connectivity index (χ4n) is 1.57. The van der Waals surface area contributed by atoms with Gasteiger partial charge in [0.1, 0.15) is 6.33 Å². The Morgan fingerprint density at radius 2 is 2.33 bits per heavy atom. The van der Waals surface area contributed by atoms with Gasteiger partial charge in [-0.2, -0.15) is 0 Å². The largest absolute Gasteiger partial charge is 0.290 e. The Balaban J connectivity index is 1.94. The zero-order chi connectivity index (χ0) is 12.5.